The molecular weight excluding hydrogens is 484 g/mol. The molecule has 1 aromatic carbocycles. The molecule has 1 unspecified atom stereocenters. The summed E-state index contributed by atoms with van der Waals surface area (Å²) in [6.07, 6.45) is 4.55. The third kappa shape index (κ3) is 6.74. The van der Waals surface area contributed by atoms with Gasteiger partial charge in [-0.3, -0.25) is 4.98 Å². The molecule has 1 aliphatic carbocycles. The number of hydrogen-bond donors (Lipinski definition) is 1. The number of methoxy groups -OCH3 is 1. The standard InChI is InChI=1S/C27H33F2N3O5/c1-26(2,3)37-25(34)31-27(16-36-18-7-8-18)10-5-11-32(15-27)23-14-30-22(13-19(23)24(33)35-4)17-6-9-20(28)21(29)12-17/h6,9,12-14,18H,5,7-8,10-11,15-16H2,1-4H3,(H,31,34). The lowest BCUT2D eigenvalue weighted by atomic mass is 9.89. The molecule has 4 rings (SSSR count). The van der Waals surface area contributed by atoms with Crippen LogP contribution in [0.15, 0.2) is 30.5 Å². The van der Waals surface area contributed by atoms with Gasteiger partial charge in [-0.05, 0) is 70.7 Å². The molecule has 10 heteroatoms. The van der Waals surface area contributed by atoms with Crippen molar-refractivity contribution in [1.82, 2.24) is 10.3 Å². The maximum Gasteiger partial charge on any atom is 0.408 e. The first-order valence-electron chi connectivity index (χ1n) is 12.4. The highest BCUT2D eigenvalue weighted by molar-refractivity contribution is 5.97. The van der Waals surface area contributed by atoms with E-state index in [1.807, 2.05) is 4.90 Å². The number of piperidine rings is 1. The van der Waals surface area contributed by atoms with Crippen molar-refractivity contribution >= 4 is 17.7 Å². The zero-order valence-electron chi connectivity index (χ0n) is 21.6. The van der Waals surface area contributed by atoms with Gasteiger partial charge in [-0.1, -0.05) is 0 Å². The topological polar surface area (TPSA) is 90.0 Å². The zero-order valence-corrected chi connectivity index (χ0v) is 21.6. The van der Waals surface area contributed by atoms with Crippen LogP contribution in [0.5, 0.6) is 0 Å². The number of rotatable bonds is 7. The average molecular weight is 518 g/mol. The van der Waals surface area contributed by atoms with E-state index in [2.05, 4.69) is 10.3 Å². The van der Waals surface area contributed by atoms with Gasteiger partial charge in [-0.15, -0.1) is 0 Å². The van der Waals surface area contributed by atoms with Gasteiger partial charge < -0.3 is 24.4 Å². The molecule has 0 radical (unpaired) electrons. The van der Waals surface area contributed by atoms with Crippen molar-refractivity contribution in [2.45, 2.75) is 63.7 Å². The van der Waals surface area contributed by atoms with Crippen LogP contribution in [0, 0.1) is 11.6 Å². The molecule has 37 heavy (non-hydrogen) atoms. The van der Waals surface area contributed by atoms with Crippen LogP contribution < -0.4 is 10.2 Å². The van der Waals surface area contributed by atoms with Gasteiger partial charge in [0.15, 0.2) is 11.6 Å². The van der Waals surface area contributed by atoms with Crippen molar-refractivity contribution in [2.24, 2.45) is 0 Å². The van der Waals surface area contributed by atoms with E-state index in [0.717, 1.165) is 31.4 Å². The van der Waals surface area contributed by atoms with Crippen LogP contribution in [0.1, 0.15) is 56.8 Å². The molecule has 0 bridgehead atoms. The number of hydrogen-bond acceptors (Lipinski definition) is 7. The zero-order chi connectivity index (χ0) is 26.8. The normalized spacial score (nSPS) is 19.9. The Morgan fingerprint density at radius 2 is 1.95 bits per heavy atom. The van der Waals surface area contributed by atoms with Gasteiger partial charge in [0, 0.05) is 18.7 Å². The Kier molecular flexibility index (Phi) is 7.68. The molecule has 1 saturated heterocycles. The molecular formula is C27H33F2N3O5. The Hall–Kier alpha value is -3.27. The first-order chi connectivity index (χ1) is 17.5. The quantitative estimate of drug-likeness (QED) is 0.525. The summed E-state index contributed by atoms with van der Waals surface area (Å²) in [7, 11) is 1.28. The summed E-state index contributed by atoms with van der Waals surface area (Å²) in [5, 5.41) is 3.04. The highest BCUT2D eigenvalue weighted by atomic mass is 19.2. The van der Waals surface area contributed by atoms with Crippen LogP contribution in [0.3, 0.4) is 0 Å². The fraction of sp³-hybridized carbons (Fsp3) is 0.519. The molecule has 1 saturated carbocycles. The number of nitrogens with one attached hydrogen (secondary N) is 1. The van der Waals surface area contributed by atoms with Crippen molar-refractivity contribution < 1.29 is 32.6 Å². The van der Waals surface area contributed by atoms with E-state index in [1.54, 1.807) is 20.8 Å². The molecule has 2 heterocycles. The largest absolute Gasteiger partial charge is 0.465 e. The van der Waals surface area contributed by atoms with Gasteiger partial charge in [0.1, 0.15) is 5.60 Å². The lowest BCUT2D eigenvalue weighted by molar-refractivity contribution is 0.0209. The van der Waals surface area contributed by atoms with Gasteiger partial charge >= 0.3 is 12.1 Å². The van der Waals surface area contributed by atoms with Crippen LogP contribution in [-0.4, -0.2) is 61.1 Å². The van der Waals surface area contributed by atoms with E-state index in [4.69, 9.17) is 14.2 Å². The maximum absolute atomic E-state index is 13.8. The molecule has 1 atom stereocenters. The summed E-state index contributed by atoms with van der Waals surface area (Å²) < 4.78 is 43.8. The predicted octanol–water partition coefficient (Wildman–Crippen LogP) is 4.86. The Balaban J connectivity index is 1.64. The fourth-order valence-corrected chi connectivity index (χ4v) is 4.41. The average Bonchev–Trinajstić information content (AvgIpc) is 3.67. The van der Waals surface area contributed by atoms with Gasteiger partial charge in [-0.2, -0.15) is 0 Å². The van der Waals surface area contributed by atoms with Gasteiger partial charge in [0.05, 0.1) is 48.5 Å². The van der Waals surface area contributed by atoms with Crippen LogP contribution >= 0.6 is 0 Å². The molecule has 1 N–H and O–H groups in total. The van der Waals surface area contributed by atoms with Crippen LogP contribution in [0.2, 0.25) is 0 Å². The third-order valence-corrected chi connectivity index (χ3v) is 6.31. The minimum Gasteiger partial charge on any atom is -0.465 e. The molecule has 1 amide bonds. The van der Waals surface area contributed by atoms with Crippen molar-refractivity contribution in [3.05, 3.63) is 47.7 Å². The summed E-state index contributed by atoms with van der Waals surface area (Å²) in [5.41, 5.74) is -0.0272. The second-order valence-corrected chi connectivity index (χ2v) is 10.6. The minimum absolute atomic E-state index is 0.190. The van der Waals surface area contributed by atoms with Gasteiger partial charge in [-0.25, -0.2) is 18.4 Å². The van der Waals surface area contributed by atoms with Crippen molar-refractivity contribution in [1.29, 1.82) is 0 Å². The van der Waals surface area contributed by atoms with E-state index >= 15 is 0 Å². The van der Waals surface area contributed by atoms with E-state index in [9.17, 15) is 18.4 Å². The minimum atomic E-state index is -1.01. The monoisotopic (exact) mass is 517 g/mol. The van der Waals surface area contributed by atoms with Crippen molar-refractivity contribution in [3.8, 4) is 11.3 Å². The molecule has 2 fully saturated rings. The van der Waals surface area contributed by atoms with Crippen molar-refractivity contribution in [3.63, 3.8) is 0 Å². The number of ether oxygens (including phenoxy) is 3. The number of carbonyl (C=O) groups excluding carboxylic acids is 2. The van der Waals surface area contributed by atoms with Crippen LogP contribution in [0.25, 0.3) is 11.3 Å². The first kappa shape index (κ1) is 26.8. The van der Waals surface area contributed by atoms with Crippen LogP contribution in [-0.2, 0) is 14.2 Å². The smallest absolute Gasteiger partial charge is 0.408 e. The number of benzene rings is 1. The molecule has 1 aromatic heterocycles. The van der Waals surface area contributed by atoms with Crippen LogP contribution in [0.4, 0.5) is 19.3 Å². The van der Waals surface area contributed by atoms with E-state index in [0.29, 0.717) is 43.1 Å². The highest BCUT2D eigenvalue weighted by Crippen LogP contribution is 2.33. The Morgan fingerprint density at radius 3 is 2.59 bits per heavy atom. The third-order valence-electron chi connectivity index (χ3n) is 6.31. The summed E-state index contributed by atoms with van der Waals surface area (Å²) in [4.78, 5) is 31.9. The number of pyridine rings is 1. The second kappa shape index (κ2) is 10.6. The molecule has 0 spiro atoms. The summed E-state index contributed by atoms with van der Waals surface area (Å²) in [5.74, 6) is -2.57. The molecule has 2 aromatic rings. The summed E-state index contributed by atoms with van der Waals surface area (Å²) in [6.45, 7) is 6.68. The Morgan fingerprint density at radius 1 is 1.19 bits per heavy atom. The second-order valence-electron chi connectivity index (χ2n) is 10.6. The molecule has 8 nitrogen and oxygen atoms in total. The predicted molar refractivity (Wildman–Crippen MR) is 133 cm³/mol. The molecule has 200 valence electrons. The Labute approximate surface area is 215 Å². The van der Waals surface area contributed by atoms with Gasteiger partial charge in [0.25, 0.3) is 0 Å². The number of alkyl carbamates (subject to hydrolysis) is 1. The first-order valence-corrected chi connectivity index (χ1v) is 12.4. The SMILES string of the molecule is COC(=O)c1cc(-c2ccc(F)c(F)c2)ncc1N1CCCC(COC2CC2)(NC(=O)OC(C)(C)C)C1. The van der Waals surface area contributed by atoms with Crippen molar-refractivity contribution in [2.75, 3.05) is 31.7 Å². The number of esters is 1. The number of halogens is 2. The summed E-state index contributed by atoms with van der Waals surface area (Å²) in [6, 6.07) is 4.95. The number of nitrogens with zero attached hydrogens (tertiary/aromatic N) is 2. The lowest BCUT2D eigenvalue weighted by Gasteiger charge is -2.44. The van der Waals surface area contributed by atoms with E-state index < -0.39 is 34.8 Å². The number of anilines is 1. The lowest BCUT2D eigenvalue weighted by Crippen LogP contribution is -2.62. The Bertz CT molecular complexity index is 1170. The number of aromatic nitrogens is 1. The maximum atomic E-state index is 13.8. The van der Waals surface area contributed by atoms with E-state index in [-0.39, 0.29) is 11.7 Å². The summed E-state index contributed by atoms with van der Waals surface area (Å²) >= 11 is 0. The van der Waals surface area contributed by atoms with E-state index in [1.165, 1.54) is 25.4 Å². The molecule has 2 aliphatic rings. The number of carbonyl (C=O) groups is 2. The molecule has 1 aliphatic heterocycles. The highest BCUT2D eigenvalue weighted by Gasteiger charge is 2.41. The number of amides is 1. The fourth-order valence-electron chi connectivity index (χ4n) is 4.41. The van der Waals surface area contributed by atoms with Gasteiger partial charge in [0.2, 0.25) is 0 Å².